The molecular weight excluding hydrogens is 300 g/mol. The van der Waals surface area contributed by atoms with Crippen molar-refractivity contribution in [1.29, 1.82) is 0 Å². The van der Waals surface area contributed by atoms with Crippen molar-refractivity contribution in [2.24, 2.45) is 0 Å². The van der Waals surface area contributed by atoms with Gasteiger partial charge in [-0.15, -0.1) is 0 Å². The van der Waals surface area contributed by atoms with Crippen LogP contribution in [0.5, 0.6) is 0 Å². The Morgan fingerprint density at radius 2 is 1.78 bits per heavy atom. The fourth-order valence-corrected chi connectivity index (χ4v) is 2.59. The van der Waals surface area contributed by atoms with Gasteiger partial charge in [-0.3, -0.25) is 4.79 Å². The quantitative estimate of drug-likeness (QED) is 0.681. The zero-order valence-corrected chi connectivity index (χ0v) is 12.6. The lowest BCUT2D eigenvalue weighted by atomic mass is 10.1. The predicted molar refractivity (Wildman–Crippen MR) is 83.5 cm³/mol. The Morgan fingerprint density at radius 3 is 2.48 bits per heavy atom. The Hall–Kier alpha value is -2.69. The van der Waals surface area contributed by atoms with Crippen LogP contribution < -0.4 is 0 Å². The summed E-state index contributed by atoms with van der Waals surface area (Å²) in [6.45, 7) is 2.03. The number of carbonyl (C=O) groups is 1. The normalized spacial score (nSPS) is 10.9. The number of halogens is 2. The molecule has 0 fully saturated rings. The number of aromatic nitrogens is 1. The zero-order chi connectivity index (χ0) is 16.4. The molecule has 0 atom stereocenters. The summed E-state index contributed by atoms with van der Waals surface area (Å²) < 4.78 is 33.5. The van der Waals surface area contributed by atoms with Crippen LogP contribution in [0, 0.1) is 11.6 Å². The molecule has 0 aliphatic carbocycles. The molecule has 1 heterocycles. The minimum atomic E-state index is -0.375. The lowest BCUT2D eigenvalue weighted by molar-refractivity contribution is -0.142. The number of benzene rings is 2. The van der Waals surface area contributed by atoms with Gasteiger partial charge in [0.25, 0.3) is 0 Å². The van der Waals surface area contributed by atoms with Gasteiger partial charge in [0.2, 0.25) is 0 Å². The van der Waals surface area contributed by atoms with Gasteiger partial charge in [-0.25, -0.2) is 8.78 Å². The van der Waals surface area contributed by atoms with Crippen LogP contribution in [0.25, 0.3) is 16.6 Å². The van der Waals surface area contributed by atoms with Crippen molar-refractivity contribution in [1.82, 2.24) is 4.57 Å². The standard InChI is InChI=1S/C18H15F2NO2/c1-2-23-18(22)9-12-11-21(15-6-3-13(19)4-7-15)17-8-5-14(20)10-16(12)17/h3-8,10-11H,2,9H2,1H3. The van der Waals surface area contributed by atoms with Crippen LogP contribution in [-0.2, 0) is 16.0 Å². The molecule has 0 bridgehead atoms. The highest BCUT2D eigenvalue weighted by molar-refractivity contribution is 5.89. The molecule has 0 aliphatic heterocycles. The average molecular weight is 315 g/mol. The van der Waals surface area contributed by atoms with E-state index in [0.29, 0.717) is 17.6 Å². The molecule has 0 N–H and O–H groups in total. The van der Waals surface area contributed by atoms with Crippen LogP contribution in [0.3, 0.4) is 0 Å². The number of ether oxygens (including phenoxy) is 1. The van der Waals surface area contributed by atoms with Gasteiger partial charge in [0.1, 0.15) is 11.6 Å². The first-order valence-corrected chi connectivity index (χ1v) is 7.29. The van der Waals surface area contributed by atoms with E-state index >= 15 is 0 Å². The average Bonchev–Trinajstić information content (AvgIpc) is 2.86. The minimum Gasteiger partial charge on any atom is -0.466 e. The van der Waals surface area contributed by atoms with Crippen LogP contribution >= 0.6 is 0 Å². The molecule has 1 aromatic heterocycles. The molecule has 3 aromatic rings. The maximum atomic E-state index is 13.6. The first-order valence-electron chi connectivity index (χ1n) is 7.29. The van der Waals surface area contributed by atoms with Crippen molar-refractivity contribution in [3.63, 3.8) is 0 Å². The van der Waals surface area contributed by atoms with Crippen molar-refractivity contribution >= 4 is 16.9 Å². The van der Waals surface area contributed by atoms with Crippen LogP contribution in [-0.4, -0.2) is 17.1 Å². The first kappa shape index (κ1) is 15.2. The highest BCUT2D eigenvalue weighted by Gasteiger charge is 2.14. The molecule has 0 saturated heterocycles. The van der Waals surface area contributed by atoms with Gasteiger partial charge in [0.15, 0.2) is 0 Å². The van der Waals surface area contributed by atoms with Crippen LogP contribution in [0.4, 0.5) is 8.78 Å². The monoisotopic (exact) mass is 315 g/mol. The summed E-state index contributed by atoms with van der Waals surface area (Å²) in [5.41, 5.74) is 2.15. The van der Waals surface area contributed by atoms with Gasteiger partial charge < -0.3 is 9.30 Å². The van der Waals surface area contributed by atoms with Crippen molar-refractivity contribution in [2.45, 2.75) is 13.3 Å². The van der Waals surface area contributed by atoms with Crippen molar-refractivity contribution in [2.75, 3.05) is 6.61 Å². The van der Waals surface area contributed by atoms with Gasteiger partial charge in [-0.05, 0) is 55.0 Å². The summed E-state index contributed by atoms with van der Waals surface area (Å²) in [6, 6.07) is 10.4. The fraction of sp³-hybridized carbons (Fsp3) is 0.167. The minimum absolute atomic E-state index is 0.0575. The van der Waals surface area contributed by atoms with Crippen LogP contribution in [0.2, 0.25) is 0 Å². The second kappa shape index (κ2) is 6.20. The predicted octanol–water partition coefficient (Wildman–Crippen LogP) is 4.01. The SMILES string of the molecule is CCOC(=O)Cc1cn(-c2ccc(F)cc2)c2ccc(F)cc12. The molecule has 0 aliphatic rings. The summed E-state index contributed by atoms with van der Waals surface area (Å²) in [4.78, 5) is 11.8. The largest absolute Gasteiger partial charge is 0.466 e. The van der Waals surface area contributed by atoms with E-state index in [9.17, 15) is 13.6 Å². The van der Waals surface area contributed by atoms with E-state index in [-0.39, 0.29) is 24.0 Å². The van der Waals surface area contributed by atoms with Crippen molar-refractivity contribution < 1.29 is 18.3 Å². The number of esters is 1. The molecule has 0 saturated carbocycles. The number of hydrogen-bond donors (Lipinski definition) is 0. The molecule has 3 rings (SSSR count). The molecule has 3 nitrogen and oxygen atoms in total. The molecule has 5 heteroatoms. The smallest absolute Gasteiger partial charge is 0.310 e. The maximum absolute atomic E-state index is 13.6. The Labute approximate surface area is 132 Å². The summed E-state index contributed by atoms with van der Waals surface area (Å²) in [5.74, 6) is -1.07. The highest BCUT2D eigenvalue weighted by Crippen LogP contribution is 2.26. The maximum Gasteiger partial charge on any atom is 0.310 e. The third-order valence-corrected chi connectivity index (χ3v) is 3.59. The topological polar surface area (TPSA) is 31.2 Å². The van der Waals surface area contributed by atoms with Crippen molar-refractivity contribution in [3.8, 4) is 5.69 Å². The molecule has 0 unspecified atom stereocenters. The van der Waals surface area contributed by atoms with E-state index in [1.54, 1.807) is 31.3 Å². The van der Waals surface area contributed by atoms with E-state index in [1.165, 1.54) is 24.3 Å². The van der Waals surface area contributed by atoms with E-state index in [0.717, 1.165) is 11.2 Å². The Balaban J connectivity index is 2.11. The third kappa shape index (κ3) is 3.08. The summed E-state index contributed by atoms with van der Waals surface area (Å²) in [6.07, 6.45) is 1.82. The molecule has 2 aromatic carbocycles. The number of nitrogens with zero attached hydrogens (tertiary/aromatic N) is 1. The summed E-state index contributed by atoms with van der Waals surface area (Å²) >= 11 is 0. The summed E-state index contributed by atoms with van der Waals surface area (Å²) in [7, 11) is 0. The second-order valence-corrected chi connectivity index (χ2v) is 5.14. The van der Waals surface area contributed by atoms with Gasteiger partial charge in [-0.1, -0.05) is 0 Å². The lowest BCUT2D eigenvalue weighted by Crippen LogP contribution is -2.07. The number of hydrogen-bond acceptors (Lipinski definition) is 2. The highest BCUT2D eigenvalue weighted by atomic mass is 19.1. The van der Waals surface area contributed by atoms with Gasteiger partial charge in [0, 0.05) is 17.3 Å². The van der Waals surface area contributed by atoms with E-state index in [2.05, 4.69) is 0 Å². The van der Waals surface area contributed by atoms with Gasteiger partial charge in [0.05, 0.1) is 18.5 Å². The van der Waals surface area contributed by atoms with Gasteiger partial charge >= 0.3 is 5.97 Å². The Kier molecular flexibility index (Phi) is 4.10. The third-order valence-electron chi connectivity index (χ3n) is 3.59. The van der Waals surface area contributed by atoms with Crippen molar-refractivity contribution in [3.05, 3.63) is 65.9 Å². The Morgan fingerprint density at radius 1 is 1.09 bits per heavy atom. The molecule has 0 amide bonds. The summed E-state index contributed by atoms with van der Waals surface area (Å²) in [5, 5.41) is 0.641. The van der Waals surface area contributed by atoms with E-state index in [4.69, 9.17) is 4.74 Å². The Bertz CT molecular complexity index is 853. The molecule has 0 spiro atoms. The second-order valence-electron chi connectivity index (χ2n) is 5.14. The van der Waals surface area contributed by atoms with E-state index < -0.39 is 0 Å². The van der Waals surface area contributed by atoms with E-state index in [1.807, 2.05) is 4.57 Å². The molecular formula is C18H15F2NO2. The molecule has 23 heavy (non-hydrogen) atoms. The van der Waals surface area contributed by atoms with Crippen LogP contribution in [0.15, 0.2) is 48.7 Å². The fourth-order valence-electron chi connectivity index (χ4n) is 2.59. The molecule has 0 radical (unpaired) electrons. The number of fused-ring (bicyclic) bond motifs is 1. The first-order chi connectivity index (χ1) is 11.1. The zero-order valence-electron chi connectivity index (χ0n) is 12.6. The lowest BCUT2D eigenvalue weighted by Gasteiger charge is -2.05. The van der Waals surface area contributed by atoms with Gasteiger partial charge in [-0.2, -0.15) is 0 Å². The number of rotatable bonds is 4. The number of carbonyl (C=O) groups excluding carboxylic acids is 1. The molecule has 118 valence electrons. The van der Waals surface area contributed by atoms with Crippen LogP contribution in [0.1, 0.15) is 12.5 Å².